The summed E-state index contributed by atoms with van der Waals surface area (Å²) in [6, 6.07) is 4.59. The number of rotatable bonds is 9. The zero-order valence-corrected chi connectivity index (χ0v) is 25.5. The molecule has 42 heavy (non-hydrogen) atoms. The first kappa shape index (κ1) is 32.5. The molecule has 1 aliphatic heterocycles. The van der Waals surface area contributed by atoms with E-state index in [4.69, 9.17) is 0 Å². The third-order valence-corrected chi connectivity index (χ3v) is 7.61. The molecule has 1 aliphatic carbocycles. The molecule has 0 aromatic carbocycles. The van der Waals surface area contributed by atoms with Crippen molar-refractivity contribution in [1.82, 2.24) is 36.0 Å². The van der Waals surface area contributed by atoms with Crippen molar-refractivity contribution in [3.8, 4) is 11.3 Å². The Morgan fingerprint density at radius 2 is 1.83 bits per heavy atom. The van der Waals surface area contributed by atoms with Crippen LogP contribution in [-0.4, -0.2) is 51.6 Å². The summed E-state index contributed by atoms with van der Waals surface area (Å²) in [6.45, 7) is 18.7. The summed E-state index contributed by atoms with van der Waals surface area (Å²) in [5.74, 6) is 1.37. The Balaban J connectivity index is 0.000000194. The number of nitrogens with one attached hydrogen (secondary N) is 5. The predicted octanol–water partition coefficient (Wildman–Crippen LogP) is 6.99. The second kappa shape index (κ2) is 17.7. The van der Waals surface area contributed by atoms with Crippen LogP contribution in [0.2, 0.25) is 0 Å². The lowest BCUT2D eigenvalue weighted by molar-refractivity contribution is 0.412. The van der Waals surface area contributed by atoms with Gasteiger partial charge in [0.15, 0.2) is 0 Å². The Bertz CT molecular complexity index is 1290. The van der Waals surface area contributed by atoms with Crippen molar-refractivity contribution < 1.29 is 0 Å². The maximum atomic E-state index is 4.21. The highest BCUT2D eigenvalue weighted by molar-refractivity contribution is 5.78. The van der Waals surface area contributed by atoms with E-state index in [2.05, 4.69) is 68.0 Å². The van der Waals surface area contributed by atoms with Gasteiger partial charge in [-0.2, -0.15) is 10.2 Å². The number of aromatic amines is 2. The zero-order valence-electron chi connectivity index (χ0n) is 25.5. The van der Waals surface area contributed by atoms with Gasteiger partial charge in [0.25, 0.3) is 0 Å². The van der Waals surface area contributed by atoms with Crippen molar-refractivity contribution in [3.63, 3.8) is 0 Å². The van der Waals surface area contributed by atoms with Crippen LogP contribution in [0.15, 0.2) is 86.7 Å². The molecule has 1 saturated carbocycles. The van der Waals surface area contributed by atoms with Gasteiger partial charge in [0.05, 0.1) is 29.5 Å². The summed E-state index contributed by atoms with van der Waals surface area (Å²) >= 11 is 0. The van der Waals surface area contributed by atoms with Gasteiger partial charge in [0.1, 0.15) is 0 Å². The first-order chi connectivity index (χ1) is 20.5. The second-order valence-corrected chi connectivity index (χ2v) is 10.8. The number of allylic oxidation sites excluding steroid dienone is 6. The van der Waals surface area contributed by atoms with Crippen LogP contribution in [0.5, 0.6) is 0 Å². The van der Waals surface area contributed by atoms with E-state index in [1.807, 2.05) is 50.4 Å². The summed E-state index contributed by atoms with van der Waals surface area (Å²) in [6.07, 6.45) is 23.1. The smallest absolute Gasteiger partial charge is 0.0879 e. The minimum atomic E-state index is 0.564. The van der Waals surface area contributed by atoms with Crippen LogP contribution in [0.25, 0.3) is 22.9 Å². The van der Waals surface area contributed by atoms with E-state index in [0.717, 1.165) is 58.0 Å². The normalized spacial score (nSPS) is 19.9. The van der Waals surface area contributed by atoms with Crippen LogP contribution in [0.4, 0.5) is 5.69 Å². The molecule has 3 unspecified atom stereocenters. The van der Waals surface area contributed by atoms with Gasteiger partial charge in [0.2, 0.25) is 0 Å². The summed E-state index contributed by atoms with van der Waals surface area (Å²) in [7, 11) is 2.03. The maximum Gasteiger partial charge on any atom is 0.0879 e. The average Bonchev–Trinajstić information content (AvgIpc) is 3.80. The van der Waals surface area contributed by atoms with Gasteiger partial charge in [-0.15, -0.1) is 0 Å². The Kier molecular flexibility index (Phi) is 13.7. The molecule has 8 nitrogen and oxygen atoms in total. The van der Waals surface area contributed by atoms with Crippen molar-refractivity contribution in [2.45, 2.75) is 52.0 Å². The molecule has 2 aliphatic rings. The topological polar surface area (TPSA) is 106 Å². The predicted molar refractivity (Wildman–Crippen MR) is 178 cm³/mol. The Morgan fingerprint density at radius 3 is 2.45 bits per heavy atom. The summed E-state index contributed by atoms with van der Waals surface area (Å²) in [5.41, 5.74) is 6.93. The highest BCUT2D eigenvalue weighted by Crippen LogP contribution is 2.35. The van der Waals surface area contributed by atoms with Crippen LogP contribution >= 0.6 is 0 Å². The SMILES string of the molecule is C=C(/C=C\C=C/C)c1[nH]ncc1NC(=C)C1CCC(C)C1.C=Cc1cn[nH]c1-c1ccncc1.CNC1CCCNC1. The van der Waals surface area contributed by atoms with Gasteiger partial charge in [-0.25, -0.2) is 0 Å². The lowest BCUT2D eigenvalue weighted by Crippen LogP contribution is -2.41. The van der Waals surface area contributed by atoms with E-state index in [-0.39, 0.29) is 0 Å². The van der Waals surface area contributed by atoms with E-state index in [1.54, 1.807) is 30.9 Å². The van der Waals surface area contributed by atoms with Crippen LogP contribution in [-0.2, 0) is 0 Å². The zero-order chi connectivity index (χ0) is 30.2. The number of H-pyrrole nitrogens is 2. The average molecular weight is 569 g/mol. The molecule has 0 bridgehead atoms. The monoisotopic (exact) mass is 568 g/mol. The van der Waals surface area contributed by atoms with Gasteiger partial charge >= 0.3 is 0 Å². The molecule has 3 aromatic rings. The highest BCUT2D eigenvalue weighted by Gasteiger charge is 2.24. The van der Waals surface area contributed by atoms with Crippen molar-refractivity contribution in [2.75, 3.05) is 25.5 Å². The maximum absolute atomic E-state index is 4.21. The number of pyridine rings is 1. The number of anilines is 1. The molecule has 224 valence electrons. The van der Waals surface area contributed by atoms with Gasteiger partial charge in [-0.05, 0) is 75.7 Å². The molecule has 3 aromatic heterocycles. The quantitative estimate of drug-likeness (QED) is 0.178. The lowest BCUT2D eigenvalue weighted by Gasteiger charge is -2.21. The van der Waals surface area contributed by atoms with Gasteiger partial charge < -0.3 is 16.0 Å². The van der Waals surface area contributed by atoms with Crippen LogP contribution < -0.4 is 16.0 Å². The molecule has 5 rings (SSSR count). The molecule has 3 atom stereocenters. The first-order valence-electron chi connectivity index (χ1n) is 14.9. The van der Waals surface area contributed by atoms with E-state index >= 15 is 0 Å². The van der Waals surface area contributed by atoms with Crippen molar-refractivity contribution in [3.05, 3.63) is 97.9 Å². The number of nitrogens with zero attached hydrogens (tertiary/aromatic N) is 3. The Labute approximate surface area is 251 Å². The fraction of sp³-hybridized carbons (Fsp3) is 0.382. The van der Waals surface area contributed by atoms with E-state index in [9.17, 15) is 0 Å². The number of hydrogen-bond donors (Lipinski definition) is 5. The standard InChI is InChI=1S/C18H25N3.C10H9N3.C6H14N2/c1-5-6-7-8-14(3)18-17(12-19-21-18)20-15(4)16-10-9-13(2)11-16;1-2-8-7-12-13-10(8)9-3-5-11-6-4-9;1-7-6-3-2-4-8-5-6/h5-8,12-13,16,20H,3-4,9-11H2,1-2H3,(H,19,21);2-7H,1H2,(H,12,13);6-8H,2-5H2,1H3/b6-5-,8-7-;;. The number of piperidine rings is 1. The van der Waals surface area contributed by atoms with E-state index < -0.39 is 0 Å². The lowest BCUT2D eigenvalue weighted by atomic mass is 10.0. The van der Waals surface area contributed by atoms with Crippen LogP contribution in [0, 0.1) is 11.8 Å². The number of likely N-dealkylation sites (N-methyl/N-ethyl adjacent to an activating group) is 1. The Morgan fingerprint density at radius 1 is 1.05 bits per heavy atom. The summed E-state index contributed by atoms with van der Waals surface area (Å²) in [4.78, 5) is 3.95. The molecule has 5 N–H and O–H groups in total. The molecule has 0 radical (unpaired) electrons. The van der Waals surface area contributed by atoms with E-state index in [1.165, 1.54) is 38.6 Å². The van der Waals surface area contributed by atoms with Gasteiger partial charge in [0, 0.05) is 41.8 Å². The van der Waals surface area contributed by atoms with Crippen molar-refractivity contribution in [1.29, 1.82) is 0 Å². The first-order valence-corrected chi connectivity index (χ1v) is 14.9. The minimum Gasteiger partial charge on any atom is -0.356 e. The molecule has 0 spiro atoms. The largest absolute Gasteiger partial charge is 0.356 e. The fourth-order valence-electron chi connectivity index (χ4n) is 5.09. The summed E-state index contributed by atoms with van der Waals surface area (Å²) < 4.78 is 0. The molecule has 1 saturated heterocycles. The van der Waals surface area contributed by atoms with E-state index in [0.29, 0.717) is 5.92 Å². The highest BCUT2D eigenvalue weighted by atomic mass is 15.1. The molecule has 0 amide bonds. The van der Waals surface area contributed by atoms with Gasteiger partial charge in [-0.3, -0.25) is 15.2 Å². The Hall–Kier alpha value is -4.01. The molecule has 8 heteroatoms. The van der Waals surface area contributed by atoms with Gasteiger partial charge in [-0.1, -0.05) is 63.5 Å². The molecular weight excluding hydrogens is 520 g/mol. The third kappa shape index (κ3) is 10.1. The number of hydrogen-bond acceptors (Lipinski definition) is 6. The molecule has 4 heterocycles. The summed E-state index contributed by atoms with van der Waals surface area (Å²) in [5, 5.41) is 24.0. The molecule has 2 fully saturated rings. The minimum absolute atomic E-state index is 0.564. The fourth-order valence-corrected chi connectivity index (χ4v) is 5.09. The molecular formula is C34H48N8. The van der Waals surface area contributed by atoms with Crippen LogP contribution in [0.1, 0.15) is 57.2 Å². The number of aromatic nitrogens is 5. The van der Waals surface area contributed by atoms with Crippen LogP contribution in [0.3, 0.4) is 0 Å². The third-order valence-electron chi connectivity index (χ3n) is 7.61. The second-order valence-electron chi connectivity index (χ2n) is 10.8. The van der Waals surface area contributed by atoms with Crippen molar-refractivity contribution >= 4 is 17.3 Å². The van der Waals surface area contributed by atoms with Crippen molar-refractivity contribution in [2.24, 2.45) is 11.8 Å².